The molecule has 2 amide bonds. The van der Waals surface area contributed by atoms with Crippen LogP contribution in [0, 0.1) is 12.8 Å². The molecule has 1 fully saturated rings. The van der Waals surface area contributed by atoms with Crippen LogP contribution in [0.3, 0.4) is 0 Å². The van der Waals surface area contributed by atoms with Crippen molar-refractivity contribution < 1.29 is 33.1 Å². The number of carbonyl (C=O) groups excluding carboxylic acids is 3. The molecule has 10 heteroatoms. The summed E-state index contributed by atoms with van der Waals surface area (Å²) in [6, 6.07) is 6.42. The van der Waals surface area contributed by atoms with Crippen molar-refractivity contribution in [2.75, 3.05) is 39.2 Å². The summed E-state index contributed by atoms with van der Waals surface area (Å²) in [5, 5.41) is 6.51. The first-order valence-corrected chi connectivity index (χ1v) is 9.82. The van der Waals surface area contributed by atoms with Crippen LogP contribution in [0.2, 0.25) is 0 Å². The number of anilines is 1. The third kappa shape index (κ3) is 5.53. The summed E-state index contributed by atoms with van der Waals surface area (Å²) >= 11 is 0. The number of likely N-dealkylation sites (tertiary alicyclic amines) is 1. The van der Waals surface area contributed by atoms with Gasteiger partial charge in [0, 0.05) is 30.6 Å². The van der Waals surface area contributed by atoms with Crippen molar-refractivity contribution in [1.82, 2.24) is 10.1 Å². The normalized spacial score (nSPS) is 14.1. The van der Waals surface area contributed by atoms with Gasteiger partial charge in [-0.25, -0.2) is 4.79 Å². The fourth-order valence-corrected chi connectivity index (χ4v) is 3.30. The summed E-state index contributed by atoms with van der Waals surface area (Å²) in [5.41, 5.74) is 0.434. The number of aromatic nitrogens is 1. The molecule has 2 aromatic rings. The molecule has 1 saturated heterocycles. The van der Waals surface area contributed by atoms with E-state index in [0.29, 0.717) is 54.6 Å². The third-order valence-electron chi connectivity index (χ3n) is 5.02. The first kappa shape index (κ1) is 22.1. The van der Waals surface area contributed by atoms with Gasteiger partial charge in [-0.2, -0.15) is 0 Å². The van der Waals surface area contributed by atoms with Crippen LogP contribution >= 0.6 is 0 Å². The van der Waals surface area contributed by atoms with E-state index >= 15 is 0 Å². The minimum atomic E-state index is -0.521. The SMILES string of the molecule is COC(=O)COc1ccc(C(=O)N2CCC(C(=O)Nc3cc(C)on3)CC2)cc1OC. The maximum Gasteiger partial charge on any atom is 0.343 e. The highest BCUT2D eigenvalue weighted by atomic mass is 16.6. The van der Waals surface area contributed by atoms with E-state index in [1.54, 1.807) is 36.1 Å². The van der Waals surface area contributed by atoms with Gasteiger partial charge in [-0.15, -0.1) is 0 Å². The molecule has 0 aliphatic carbocycles. The van der Waals surface area contributed by atoms with Crippen LogP contribution in [0.15, 0.2) is 28.8 Å². The van der Waals surface area contributed by atoms with E-state index < -0.39 is 5.97 Å². The summed E-state index contributed by atoms with van der Waals surface area (Å²) in [4.78, 5) is 38.3. The molecule has 0 bridgehead atoms. The fraction of sp³-hybridized carbons (Fsp3) is 0.429. The van der Waals surface area contributed by atoms with E-state index in [1.807, 2.05) is 0 Å². The zero-order valence-electron chi connectivity index (χ0n) is 17.7. The average Bonchev–Trinajstić information content (AvgIpc) is 3.21. The van der Waals surface area contributed by atoms with E-state index in [2.05, 4.69) is 15.2 Å². The summed E-state index contributed by atoms with van der Waals surface area (Å²) < 4.78 is 20.1. The van der Waals surface area contributed by atoms with Crippen LogP contribution in [0.4, 0.5) is 5.82 Å². The number of rotatable bonds is 7. The number of nitrogens with zero attached hydrogens (tertiary/aromatic N) is 2. The molecule has 0 unspecified atom stereocenters. The zero-order chi connectivity index (χ0) is 22.4. The number of amides is 2. The summed E-state index contributed by atoms with van der Waals surface area (Å²) in [5.74, 6) is 0.667. The van der Waals surface area contributed by atoms with Gasteiger partial charge < -0.3 is 29.0 Å². The molecule has 1 aliphatic heterocycles. The van der Waals surface area contributed by atoms with Gasteiger partial charge in [-0.05, 0) is 38.0 Å². The van der Waals surface area contributed by atoms with Gasteiger partial charge in [-0.1, -0.05) is 5.16 Å². The summed E-state index contributed by atoms with van der Waals surface area (Å²) in [6.45, 7) is 2.40. The standard InChI is InChI=1S/C21H25N3O7/c1-13-10-18(23-31-13)22-20(26)14-6-8-24(9-7-14)21(27)15-4-5-16(17(11-15)28-2)30-12-19(25)29-3/h4-5,10-11,14H,6-9,12H2,1-3H3,(H,22,23,26). The minimum Gasteiger partial charge on any atom is -0.493 e. The van der Waals surface area contributed by atoms with Gasteiger partial charge in [0.25, 0.3) is 5.91 Å². The number of piperidine rings is 1. The van der Waals surface area contributed by atoms with Crippen LogP contribution in [0.5, 0.6) is 11.5 Å². The number of methoxy groups -OCH3 is 2. The Labute approximate surface area is 179 Å². The second-order valence-electron chi connectivity index (χ2n) is 7.11. The highest BCUT2D eigenvalue weighted by Crippen LogP contribution is 2.29. The molecule has 1 aromatic carbocycles. The van der Waals surface area contributed by atoms with Crippen molar-refractivity contribution in [3.63, 3.8) is 0 Å². The van der Waals surface area contributed by atoms with Crippen LogP contribution in [-0.4, -0.2) is 61.8 Å². The molecular weight excluding hydrogens is 406 g/mol. The van der Waals surface area contributed by atoms with Crippen LogP contribution < -0.4 is 14.8 Å². The average molecular weight is 431 g/mol. The molecule has 0 radical (unpaired) electrons. The van der Waals surface area contributed by atoms with Gasteiger partial charge in [0.15, 0.2) is 23.9 Å². The zero-order valence-corrected chi connectivity index (χ0v) is 17.7. The fourth-order valence-electron chi connectivity index (χ4n) is 3.30. The Bertz CT molecular complexity index is 948. The second kappa shape index (κ2) is 9.96. The smallest absolute Gasteiger partial charge is 0.343 e. The lowest BCUT2D eigenvalue weighted by Gasteiger charge is -2.31. The quantitative estimate of drug-likeness (QED) is 0.661. The number of hydrogen-bond acceptors (Lipinski definition) is 8. The van der Waals surface area contributed by atoms with Crippen LogP contribution in [-0.2, 0) is 14.3 Å². The largest absolute Gasteiger partial charge is 0.493 e. The van der Waals surface area contributed by atoms with Gasteiger partial charge in [0.05, 0.1) is 14.2 Å². The Hall–Kier alpha value is -3.56. The second-order valence-corrected chi connectivity index (χ2v) is 7.11. The topological polar surface area (TPSA) is 120 Å². The number of benzene rings is 1. The number of hydrogen-bond donors (Lipinski definition) is 1. The summed E-state index contributed by atoms with van der Waals surface area (Å²) in [7, 11) is 2.72. The molecule has 0 spiro atoms. The molecule has 1 N–H and O–H groups in total. The number of aryl methyl sites for hydroxylation is 1. The lowest BCUT2D eigenvalue weighted by Crippen LogP contribution is -2.41. The van der Waals surface area contributed by atoms with E-state index in [1.165, 1.54) is 14.2 Å². The van der Waals surface area contributed by atoms with Crippen molar-refractivity contribution in [2.24, 2.45) is 5.92 Å². The van der Waals surface area contributed by atoms with Gasteiger partial charge in [-0.3, -0.25) is 9.59 Å². The van der Waals surface area contributed by atoms with Crippen molar-refractivity contribution in [3.8, 4) is 11.5 Å². The molecule has 31 heavy (non-hydrogen) atoms. The Morgan fingerprint density at radius 3 is 2.52 bits per heavy atom. The van der Waals surface area contributed by atoms with E-state index in [-0.39, 0.29) is 24.3 Å². The van der Waals surface area contributed by atoms with Gasteiger partial charge >= 0.3 is 5.97 Å². The molecular formula is C21H25N3O7. The van der Waals surface area contributed by atoms with Gasteiger partial charge in [0.1, 0.15) is 5.76 Å². The molecule has 1 aliphatic rings. The predicted octanol–water partition coefficient (Wildman–Crippen LogP) is 2.03. The molecule has 0 saturated carbocycles. The van der Waals surface area contributed by atoms with Crippen molar-refractivity contribution in [2.45, 2.75) is 19.8 Å². The molecule has 166 valence electrons. The van der Waals surface area contributed by atoms with Crippen LogP contribution in [0.25, 0.3) is 0 Å². The lowest BCUT2D eigenvalue weighted by atomic mass is 9.95. The van der Waals surface area contributed by atoms with E-state index in [0.717, 1.165) is 0 Å². The third-order valence-corrected chi connectivity index (χ3v) is 5.02. The van der Waals surface area contributed by atoms with Gasteiger partial charge in [0.2, 0.25) is 5.91 Å². The van der Waals surface area contributed by atoms with E-state index in [4.69, 9.17) is 14.0 Å². The molecule has 1 aromatic heterocycles. The van der Waals surface area contributed by atoms with Crippen LogP contribution in [0.1, 0.15) is 29.0 Å². The molecule has 2 heterocycles. The van der Waals surface area contributed by atoms with E-state index in [9.17, 15) is 14.4 Å². The number of ether oxygens (including phenoxy) is 3. The molecule has 3 rings (SSSR count). The maximum absolute atomic E-state index is 12.9. The Kier molecular flexibility index (Phi) is 7.11. The highest BCUT2D eigenvalue weighted by Gasteiger charge is 2.28. The Morgan fingerprint density at radius 2 is 1.90 bits per heavy atom. The van der Waals surface area contributed by atoms with Crippen molar-refractivity contribution >= 4 is 23.6 Å². The molecule has 0 atom stereocenters. The predicted molar refractivity (Wildman–Crippen MR) is 109 cm³/mol. The Balaban J connectivity index is 1.57. The first-order chi connectivity index (χ1) is 14.9. The lowest BCUT2D eigenvalue weighted by molar-refractivity contribution is -0.142. The number of carbonyl (C=O) groups is 3. The Morgan fingerprint density at radius 1 is 1.16 bits per heavy atom. The molecule has 10 nitrogen and oxygen atoms in total. The first-order valence-electron chi connectivity index (χ1n) is 9.82. The van der Waals surface area contributed by atoms with Crippen molar-refractivity contribution in [1.29, 1.82) is 0 Å². The minimum absolute atomic E-state index is 0.130. The maximum atomic E-state index is 12.9. The van der Waals surface area contributed by atoms with Crippen molar-refractivity contribution in [3.05, 3.63) is 35.6 Å². The number of esters is 1. The summed E-state index contributed by atoms with van der Waals surface area (Å²) in [6.07, 6.45) is 1.09. The highest BCUT2D eigenvalue weighted by molar-refractivity contribution is 5.95. The number of nitrogens with one attached hydrogen (secondary N) is 1. The monoisotopic (exact) mass is 431 g/mol.